The van der Waals surface area contributed by atoms with Crippen molar-refractivity contribution in [2.45, 2.75) is 40.5 Å². The van der Waals surface area contributed by atoms with E-state index in [9.17, 15) is 13.6 Å². The molecular formula is C13H19F2NO. The highest BCUT2D eigenvalue weighted by Gasteiger charge is 2.49. The van der Waals surface area contributed by atoms with Crippen molar-refractivity contribution in [3.8, 4) is 0 Å². The van der Waals surface area contributed by atoms with E-state index in [1.807, 2.05) is 27.7 Å². The van der Waals surface area contributed by atoms with Crippen LogP contribution < -0.4 is 5.32 Å². The maximum atomic E-state index is 13.2. The monoisotopic (exact) mass is 243 g/mol. The largest absolute Gasteiger partial charge is 0.352 e. The minimum atomic E-state index is -3.37. The first-order chi connectivity index (χ1) is 8.03. The Labute approximate surface area is 101 Å². The molecule has 0 spiro atoms. The number of amides is 1. The lowest BCUT2D eigenvalue weighted by molar-refractivity contribution is -0.139. The summed E-state index contributed by atoms with van der Waals surface area (Å²) in [6.45, 7) is 9.56. The van der Waals surface area contributed by atoms with Crippen molar-refractivity contribution in [3.63, 3.8) is 0 Å². The first-order valence-electron chi connectivity index (χ1n) is 5.83. The van der Waals surface area contributed by atoms with Crippen molar-refractivity contribution in [1.82, 2.24) is 0 Å². The van der Waals surface area contributed by atoms with Gasteiger partial charge >= 0.3 is 5.92 Å². The molecule has 96 valence electrons. The second-order valence-corrected chi connectivity index (χ2v) is 3.03. The number of hydrogen-bond donors (Lipinski definition) is 1. The highest BCUT2D eigenvalue weighted by Crippen LogP contribution is 2.41. The van der Waals surface area contributed by atoms with Crippen LogP contribution in [0.5, 0.6) is 0 Å². The molecular weight excluding hydrogens is 224 g/mol. The molecule has 1 aromatic rings. The van der Waals surface area contributed by atoms with Crippen LogP contribution in [0.1, 0.15) is 38.8 Å². The Morgan fingerprint density at radius 3 is 2.12 bits per heavy atom. The Bertz CT molecular complexity index is 389. The molecule has 2 nitrogen and oxygen atoms in total. The number of hydrogen-bond acceptors (Lipinski definition) is 1. The van der Waals surface area contributed by atoms with Crippen molar-refractivity contribution < 1.29 is 13.6 Å². The number of alkyl halides is 2. The van der Waals surface area contributed by atoms with E-state index < -0.39 is 11.8 Å². The predicted octanol–water partition coefficient (Wildman–Crippen LogP) is 4.09. The van der Waals surface area contributed by atoms with Crippen molar-refractivity contribution in [2.75, 3.05) is 5.32 Å². The van der Waals surface area contributed by atoms with E-state index in [0.717, 1.165) is 0 Å². The molecule has 0 atom stereocenters. The van der Waals surface area contributed by atoms with Gasteiger partial charge in [-0.05, 0) is 18.6 Å². The van der Waals surface area contributed by atoms with Gasteiger partial charge < -0.3 is 5.32 Å². The zero-order chi connectivity index (χ0) is 13.6. The second-order valence-electron chi connectivity index (χ2n) is 3.03. The summed E-state index contributed by atoms with van der Waals surface area (Å²) in [5.74, 6) is -4.61. The fourth-order valence-corrected chi connectivity index (χ4v) is 1.50. The van der Waals surface area contributed by atoms with E-state index in [1.165, 1.54) is 6.07 Å². The molecule has 1 heterocycles. The Morgan fingerprint density at radius 1 is 1.12 bits per heavy atom. The summed E-state index contributed by atoms with van der Waals surface area (Å²) in [6.07, 6.45) is 0. The molecule has 4 heteroatoms. The number of anilines is 1. The molecule has 1 amide bonds. The summed E-state index contributed by atoms with van der Waals surface area (Å²) in [4.78, 5) is 10.8. The number of fused-ring (bicyclic) bond motifs is 1. The molecule has 2 rings (SSSR count). The number of aryl methyl sites for hydroxylation is 1. The van der Waals surface area contributed by atoms with Crippen LogP contribution in [0.2, 0.25) is 0 Å². The van der Waals surface area contributed by atoms with Gasteiger partial charge in [-0.3, -0.25) is 4.79 Å². The van der Waals surface area contributed by atoms with Gasteiger partial charge in [-0.2, -0.15) is 8.78 Å². The average molecular weight is 243 g/mol. The highest BCUT2D eigenvalue weighted by molar-refractivity contribution is 6.04. The number of nitrogens with one attached hydrogen (secondary N) is 1. The van der Waals surface area contributed by atoms with Gasteiger partial charge in [0.1, 0.15) is 0 Å². The first kappa shape index (κ1) is 15.6. The summed E-state index contributed by atoms with van der Waals surface area (Å²) in [5.41, 5.74) is 0.454. The van der Waals surface area contributed by atoms with Crippen molar-refractivity contribution in [2.24, 2.45) is 0 Å². The van der Waals surface area contributed by atoms with Gasteiger partial charge in [-0.1, -0.05) is 39.8 Å². The summed E-state index contributed by atoms with van der Waals surface area (Å²) < 4.78 is 26.4. The molecule has 1 aliphatic heterocycles. The lowest BCUT2D eigenvalue weighted by Gasteiger charge is -2.08. The fourth-order valence-electron chi connectivity index (χ4n) is 1.50. The van der Waals surface area contributed by atoms with Crippen molar-refractivity contribution in [3.05, 3.63) is 29.3 Å². The topological polar surface area (TPSA) is 29.1 Å². The average Bonchev–Trinajstić information content (AvgIpc) is 2.56. The number of benzene rings is 1. The van der Waals surface area contributed by atoms with Gasteiger partial charge in [0.2, 0.25) is 0 Å². The Kier molecular flexibility index (Phi) is 5.79. The molecule has 0 aromatic heterocycles. The molecule has 0 saturated heterocycles. The van der Waals surface area contributed by atoms with Crippen LogP contribution in [0.3, 0.4) is 0 Å². The SMILES string of the molecule is CC.CC.Cc1cccc2c1C(F)(F)C(=O)N2. The number of halogens is 2. The van der Waals surface area contributed by atoms with Crippen LogP contribution >= 0.6 is 0 Å². The van der Waals surface area contributed by atoms with Gasteiger partial charge in [-0.15, -0.1) is 0 Å². The zero-order valence-electron chi connectivity index (χ0n) is 10.9. The predicted molar refractivity (Wildman–Crippen MR) is 66.4 cm³/mol. The maximum absolute atomic E-state index is 13.2. The summed E-state index contributed by atoms with van der Waals surface area (Å²) >= 11 is 0. The van der Waals surface area contributed by atoms with E-state index in [2.05, 4.69) is 5.32 Å². The van der Waals surface area contributed by atoms with Crippen LogP contribution in [-0.4, -0.2) is 5.91 Å². The summed E-state index contributed by atoms with van der Waals surface area (Å²) in [6, 6.07) is 4.67. The van der Waals surface area contributed by atoms with Gasteiger partial charge in [-0.25, -0.2) is 0 Å². The van der Waals surface area contributed by atoms with Crippen LogP contribution in [0.4, 0.5) is 14.5 Å². The van der Waals surface area contributed by atoms with Gasteiger partial charge in [0.15, 0.2) is 0 Å². The van der Waals surface area contributed by atoms with E-state index in [4.69, 9.17) is 0 Å². The first-order valence-corrected chi connectivity index (χ1v) is 5.83. The van der Waals surface area contributed by atoms with Gasteiger partial charge in [0.25, 0.3) is 5.91 Å². The number of rotatable bonds is 0. The van der Waals surface area contributed by atoms with Gasteiger partial charge in [0.05, 0.1) is 11.3 Å². The van der Waals surface area contributed by atoms with E-state index >= 15 is 0 Å². The lowest BCUT2D eigenvalue weighted by atomic mass is 10.0. The van der Waals surface area contributed by atoms with Crippen molar-refractivity contribution in [1.29, 1.82) is 0 Å². The summed E-state index contributed by atoms with van der Waals surface area (Å²) in [7, 11) is 0. The standard InChI is InChI=1S/C9H7F2NO.2C2H6/c1-5-3-2-4-6-7(5)9(10,11)8(13)12-6;2*1-2/h2-4H,1H3,(H,12,13);2*1-2H3. The van der Waals surface area contributed by atoms with E-state index in [-0.39, 0.29) is 11.3 Å². The third kappa shape index (κ3) is 2.81. The number of carbonyl (C=O) groups excluding carboxylic acids is 1. The molecule has 0 radical (unpaired) electrons. The maximum Gasteiger partial charge on any atom is 0.352 e. The van der Waals surface area contributed by atoms with E-state index in [0.29, 0.717) is 5.56 Å². The molecule has 0 bridgehead atoms. The van der Waals surface area contributed by atoms with Crippen LogP contribution in [0.15, 0.2) is 18.2 Å². The minimum Gasteiger partial charge on any atom is -0.320 e. The third-order valence-electron chi connectivity index (χ3n) is 2.12. The Morgan fingerprint density at radius 2 is 1.65 bits per heavy atom. The normalized spacial score (nSPS) is 14.6. The molecule has 0 unspecified atom stereocenters. The minimum absolute atomic E-state index is 0.194. The van der Waals surface area contributed by atoms with Crippen LogP contribution in [-0.2, 0) is 10.7 Å². The molecule has 1 aromatic carbocycles. The third-order valence-corrected chi connectivity index (χ3v) is 2.12. The smallest absolute Gasteiger partial charge is 0.320 e. The molecule has 0 aliphatic carbocycles. The number of carbonyl (C=O) groups is 1. The molecule has 0 fully saturated rings. The zero-order valence-corrected chi connectivity index (χ0v) is 10.9. The van der Waals surface area contributed by atoms with Crippen LogP contribution in [0.25, 0.3) is 0 Å². The molecule has 1 aliphatic rings. The van der Waals surface area contributed by atoms with Gasteiger partial charge in [0, 0.05) is 0 Å². The Balaban J connectivity index is 0.000000581. The quantitative estimate of drug-likeness (QED) is 0.730. The highest BCUT2D eigenvalue weighted by atomic mass is 19.3. The molecule has 1 N–H and O–H groups in total. The summed E-state index contributed by atoms with van der Waals surface area (Å²) in [5, 5.41) is 2.14. The second kappa shape index (κ2) is 6.33. The fraction of sp³-hybridized carbons (Fsp3) is 0.462. The molecule has 17 heavy (non-hydrogen) atoms. The lowest BCUT2D eigenvalue weighted by Crippen LogP contribution is -2.24. The Hall–Kier alpha value is -1.45. The van der Waals surface area contributed by atoms with E-state index in [1.54, 1.807) is 19.1 Å². The molecule has 0 saturated carbocycles. The van der Waals surface area contributed by atoms with Crippen LogP contribution in [0, 0.1) is 6.92 Å². The van der Waals surface area contributed by atoms with Crippen molar-refractivity contribution >= 4 is 11.6 Å².